The maximum atomic E-state index is 13.4. The van der Waals surface area contributed by atoms with Gasteiger partial charge in [0.2, 0.25) is 0 Å². The largest absolute Gasteiger partial charge is 0.347 e. The van der Waals surface area contributed by atoms with Gasteiger partial charge in [0.25, 0.3) is 5.91 Å². The second-order valence-corrected chi connectivity index (χ2v) is 10.1. The van der Waals surface area contributed by atoms with Crippen molar-refractivity contribution in [2.24, 2.45) is 17.8 Å². The van der Waals surface area contributed by atoms with E-state index < -0.39 is 0 Å². The van der Waals surface area contributed by atoms with Gasteiger partial charge in [-0.05, 0) is 102 Å². The summed E-state index contributed by atoms with van der Waals surface area (Å²) in [5, 5.41) is 17.1. The van der Waals surface area contributed by atoms with Gasteiger partial charge in [-0.2, -0.15) is 0 Å². The Morgan fingerprint density at radius 1 is 1.10 bits per heavy atom. The molecule has 148 valence electrons. The van der Waals surface area contributed by atoms with E-state index in [0.717, 1.165) is 53.1 Å². The number of nitrogens with zero attached hydrogens (tertiary/aromatic N) is 4. The van der Waals surface area contributed by atoms with Gasteiger partial charge in [0.15, 0.2) is 0 Å². The zero-order valence-corrected chi connectivity index (χ0v) is 16.9. The lowest BCUT2D eigenvalue weighted by Gasteiger charge is -2.56. The lowest BCUT2D eigenvalue weighted by molar-refractivity contribution is -0.0167. The molecule has 0 atom stereocenters. The zero-order valence-electron chi connectivity index (χ0n) is 16.1. The predicted octanol–water partition coefficient (Wildman–Crippen LogP) is 4.09. The fourth-order valence-electron chi connectivity index (χ4n) is 6.32. The predicted molar refractivity (Wildman–Crippen MR) is 111 cm³/mol. The second kappa shape index (κ2) is 6.49. The van der Waals surface area contributed by atoms with Crippen molar-refractivity contribution in [1.82, 2.24) is 25.5 Å². The Morgan fingerprint density at radius 3 is 2.48 bits per heavy atom. The SMILES string of the molecule is O=C(NC12CC3CC(CC(C3)C1)C2)c1cc(-c2cccs2)cc(-n2cnnn2)c1. The van der Waals surface area contributed by atoms with E-state index in [1.165, 1.54) is 19.3 Å². The summed E-state index contributed by atoms with van der Waals surface area (Å²) in [6.45, 7) is 0. The summed E-state index contributed by atoms with van der Waals surface area (Å²) in [5.41, 5.74) is 2.50. The maximum absolute atomic E-state index is 13.4. The highest BCUT2D eigenvalue weighted by molar-refractivity contribution is 7.13. The average Bonchev–Trinajstić information content (AvgIpc) is 3.40. The Balaban J connectivity index is 1.35. The highest BCUT2D eigenvalue weighted by atomic mass is 32.1. The normalized spacial score (nSPS) is 29.9. The molecule has 2 aromatic heterocycles. The van der Waals surface area contributed by atoms with E-state index in [9.17, 15) is 4.79 Å². The number of rotatable bonds is 4. The van der Waals surface area contributed by atoms with E-state index >= 15 is 0 Å². The van der Waals surface area contributed by atoms with Crippen LogP contribution in [0.3, 0.4) is 0 Å². The molecule has 1 amide bonds. The molecule has 0 radical (unpaired) electrons. The molecular weight excluding hydrogens is 382 g/mol. The number of hydrogen-bond acceptors (Lipinski definition) is 5. The number of carbonyl (C=O) groups excluding carboxylic acids is 1. The van der Waals surface area contributed by atoms with Gasteiger partial charge in [0.1, 0.15) is 6.33 Å². The minimum Gasteiger partial charge on any atom is -0.347 e. The summed E-state index contributed by atoms with van der Waals surface area (Å²) in [5.74, 6) is 2.43. The molecule has 4 bridgehead atoms. The van der Waals surface area contributed by atoms with Gasteiger partial charge in [-0.15, -0.1) is 16.4 Å². The highest BCUT2D eigenvalue weighted by Gasteiger charge is 2.51. The molecule has 7 heteroatoms. The van der Waals surface area contributed by atoms with E-state index in [0.29, 0.717) is 5.56 Å². The van der Waals surface area contributed by atoms with Gasteiger partial charge in [-0.3, -0.25) is 4.79 Å². The third-order valence-electron chi connectivity index (χ3n) is 7.02. The van der Waals surface area contributed by atoms with E-state index in [1.807, 2.05) is 29.6 Å². The minimum atomic E-state index is -0.000254. The Morgan fingerprint density at radius 2 is 1.86 bits per heavy atom. The van der Waals surface area contributed by atoms with Gasteiger partial charge >= 0.3 is 0 Å². The Hall–Kier alpha value is -2.54. The molecule has 29 heavy (non-hydrogen) atoms. The Labute approximate surface area is 173 Å². The standard InChI is InChI=1S/C22H23N5OS/c28-21(24-22-10-14-4-15(11-22)6-16(5-14)12-22)18-7-17(20-2-1-3-29-20)8-19(9-18)27-13-23-25-26-27/h1-3,7-9,13-16H,4-6,10-12H2,(H,24,28). The molecule has 0 saturated heterocycles. The first-order valence-electron chi connectivity index (χ1n) is 10.4. The molecule has 6 nitrogen and oxygen atoms in total. The summed E-state index contributed by atoms with van der Waals surface area (Å²) in [6.07, 6.45) is 9.11. The van der Waals surface area contributed by atoms with E-state index in [4.69, 9.17) is 0 Å². The van der Waals surface area contributed by atoms with Crippen molar-refractivity contribution < 1.29 is 4.79 Å². The first-order valence-corrected chi connectivity index (χ1v) is 11.3. The number of carbonyl (C=O) groups is 1. The zero-order chi connectivity index (χ0) is 19.4. The van der Waals surface area contributed by atoms with Crippen LogP contribution in [0.1, 0.15) is 48.9 Å². The quantitative estimate of drug-likeness (QED) is 0.710. The van der Waals surface area contributed by atoms with Crippen molar-refractivity contribution >= 4 is 17.2 Å². The van der Waals surface area contributed by atoms with Gasteiger partial charge in [-0.25, -0.2) is 4.68 Å². The maximum Gasteiger partial charge on any atom is 0.251 e. The van der Waals surface area contributed by atoms with Crippen molar-refractivity contribution in [3.8, 4) is 16.1 Å². The number of tetrazole rings is 1. The van der Waals surface area contributed by atoms with Crippen LogP contribution >= 0.6 is 11.3 Å². The van der Waals surface area contributed by atoms with Crippen LogP contribution in [0, 0.1) is 17.8 Å². The number of benzene rings is 1. The summed E-state index contributed by atoms with van der Waals surface area (Å²) in [4.78, 5) is 14.5. The van der Waals surface area contributed by atoms with Gasteiger partial charge < -0.3 is 5.32 Å². The lowest BCUT2D eigenvalue weighted by atomic mass is 9.53. The van der Waals surface area contributed by atoms with Crippen LogP contribution in [0.15, 0.2) is 42.0 Å². The molecule has 0 aliphatic heterocycles. The smallest absolute Gasteiger partial charge is 0.251 e. The fraction of sp³-hybridized carbons (Fsp3) is 0.455. The third-order valence-corrected chi connectivity index (χ3v) is 7.94. The van der Waals surface area contributed by atoms with Crippen LogP contribution in [0.5, 0.6) is 0 Å². The van der Waals surface area contributed by atoms with Crippen LogP contribution in [-0.2, 0) is 0 Å². The highest BCUT2D eigenvalue weighted by Crippen LogP contribution is 2.55. The first kappa shape index (κ1) is 17.3. The van der Waals surface area contributed by atoms with E-state index in [-0.39, 0.29) is 11.4 Å². The molecule has 4 aliphatic carbocycles. The first-order chi connectivity index (χ1) is 14.2. The van der Waals surface area contributed by atoms with Crippen LogP contribution < -0.4 is 5.32 Å². The molecule has 2 heterocycles. The number of thiophene rings is 1. The van der Waals surface area contributed by atoms with Gasteiger partial charge in [-0.1, -0.05) is 6.07 Å². The van der Waals surface area contributed by atoms with Gasteiger partial charge in [0, 0.05) is 16.0 Å². The van der Waals surface area contributed by atoms with Crippen molar-refractivity contribution in [1.29, 1.82) is 0 Å². The van der Waals surface area contributed by atoms with Crippen molar-refractivity contribution in [2.75, 3.05) is 0 Å². The van der Waals surface area contributed by atoms with E-state index in [2.05, 4.69) is 26.9 Å². The Kier molecular flexibility index (Phi) is 3.88. The van der Waals surface area contributed by atoms with Gasteiger partial charge in [0.05, 0.1) is 5.69 Å². The topological polar surface area (TPSA) is 72.7 Å². The minimum absolute atomic E-state index is 0.000254. The summed E-state index contributed by atoms with van der Waals surface area (Å²) >= 11 is 1.66. The molecule has 7 rings (SSSR count). The summed E-state index contributed by atoms with van der Waals surface area (Å²) < 4.78 is 1.61. The van der Waals surface area contributed by atoms with Crippen molar-refractivity contribution in [3.63, 3.8) is 0 Å². The molecule has 1 aromatic carbocycles. The summed E-state index contributed by atoms with van der Waals surface area (Å²) in [6, 6.07) is 10.0. The molecule has 3 aromatic rings. The third kappa shape index (κ3) is 3.08. The number of aromatic nitrogens is 4. The number of nitrogens with one attached hydrogen (secondary N) is 1. The average molecular weight is 406 g/mol. The lowest BCUT2D eigenvalue weighted by Crippen LogP contribution is -2.59. The van der Waals surface area contributed by atoms with Crippen LogP contribution in [0.25, 0.3) is 16.1 Å². The van der Waals surface area contributed by atoms with Crippen molar-refractivity contribution in [3.05, 3.63) is 47.6 Å². The molecule has 4 aliphatic rings. The molecule has 1 N–H and O–H groups in total. The molecule has 0 spiro atoms. The van der Waals surface area contributed by atoms with Crippen LogP contribution in [0.4, 0.5) is 0 Å². The molecule has 4 saturated carbocycles. The van der Waals surface area contributed by atoms with Crippen molar-refractivity contribution in [2.45, 2.75) is 44.1 Å². The Bertz CT molecular complexity index is 956. The summed E-state index contributed by atoms with van der Waals surface area (Å²) in [7, 11) is 0. The van der Waals surface area contributed by atoms with Crippen LogP contribution in [-0.4, -0.2) is 31.7 Å². The van der Waals surface area contributed by atoms with Crippen LogP contribution in [0.2, 0.25) is 0 Å². The fourth-order valence-corrected chi connectivity index (χ4v) is 7.03. The monoisotopic (exact) mass is 405 g/mol. The number of hydrogen-bond donors (Lipinski definition) is 1. The molecule has 0 unspecified atom stereocenters. The second-order valence-electron chi connectivity index (χ2n) is 9.15. The molecular formula is C22H23N5OS. The number of amides is 1. The molecule has 4 fully saturated rings. The van der Waals surface area contributed by atoms with E-state index in [1.54, 1.807) is 22.3 Å².